The number of hydrogen-bond acceptors (Lipinski definition) is 4. The molecule has 1 atom stereocenters. The third-order valence-corrected chi connectivity index (χ3v) is 3.79. The van der Waals surface area contributed by atoms with Gasteiger partial charge in [-0.1, -0.05) is 0 Å². The molecule has 2 N–H and O–H groups in total. The molecule has 1 saturated heterocycles. The second kappa shape index (κ2) is 6.15. The lowest BCUT2D eigenvalue weighted by atomic mass is 10.1. The lowest BCUT2D eigenvalue weighted by Gasteiger charge is -2.18. The predicted molar refractivity (Wildman–Crippen MR) is 74.9 cm³/mol. The molecule has 18 heavy (non-hydrogen) atoms. The zero-order valence-electron chi connectivity index (χ0n) is 9.99. The van der Waals surface area contributed by atoms with E-state index in [0.717, 1.165) is 42.5 Å². The molecule has 0 radical (unpaired) electrons. The van der Waals surface area contributed by atoms with Gasteiger partial charge in [0, 0.05) is 22.6 Å². The van der Waals surface area contributed by atoms with Gasteiger partial charge in [-0.25, -0.2) is 0 Å². The molecular formula is C12H16BrN3O2. The first kappa shape index (κ1) is 13.3. The van der Waals surface area contributed by atoms with Crippen molar-refractivity contribution < 1.29 is 4.92 Å². The average Bonchev–Trinajstić information content (AvgIpc) is 2.60. The normalized spacial score (nSPS) is 20.2. The Hall–Kier alpha value is -1.14. The van der Waals surface area contributed by atoms with Gasteiger partial charge < -0.3 is 10.6 Å². The van der Waals surface area contributed by atoms with Crippen LogP contribution in [-0.2, 0) is 0 Å². The van der Waals surface area contributed by atoms with Crippen LogP contribution in [-0.4, -0.2) is 24.1 Å². The third-order valence-electron chi connectivity index (χ3n) is 3.10. The van der Waals surface area contributed by atoms with Gasteiger partial charge in [-0.05, 0) is 54.3 Å². The van der Waals surface area contributed by atoms with Crippen molar-refractivity contribution in [2.75, 3.05) is 18.4 Å². The van der Waals surface area contributed by atoms with Crippen molar-refractivity contribution in [1.82, 2.24) is 5.32 Å². The first-order chi connectivity index (χ1) is 8.66. The lowest BCUT2D eigenvalue weighted by Crippen LogP contribution is -2.21. The van der Waals surface area contributed by atoms with E-state index in [2.05, 4.69) is 26.6 Å². The van der Waals surface area contributed by atoms with E-state index in [1.54, 1.807) is 12.1 Å². The fourth-order valence-corrected chi connectivity index (χ4v) is 2.48. The van der Waals surface area contributed by atoms with E-state index < -0.39 is 0 Å². The minimum absolute atomic E-state index is 0.118. The highest BCUT2D eigenvalue weighted by molar-refractivity contribution is 9.10. The number of nitrogens with one attached hydrogen (secondary N) is 2. The third kappa shape index (κ3) is 3.43. The summed E-state index contributed by atoms with van der Waals surface area (Å²) in [5, 5.41) is 17.5. The highest BCUT2D eigenvalue weighted by Crippen LogP contribution is 2.28. The maximum absolute atomic E-state index is 10.8. The van der Waals surface area contributed by atoms with Crippen molar-refractivity contribution in [3.05, 3.63) is 32.8 Å². The Morgan fingerprint density at radius 3 is 3.00 bits per heavy atom. The molecule has 0 aromatic heterocycles. The summed E-state index contributed by atoms with van der Waals surface area (Å²) in [6.45, 7) is 2.04. The van der Waals surface area contributed by atoms with Crippen LogP contribution in [0.3, 0.4) is 0 Å². The summed E-state index contributed by atoms with van der Waals surface area (Å²) in [6, 6.07) is 5.18. The Morgan fingerprint density at radius 1 is 1.39 bits per heavy atom. The van der Waals surface area contributed by atoms with Gasteiger partial charge in [0.25, 0.3) is 5.69 Å². The van der Waals surface area contributed by atoms with Crippen molar-refractivity contribution in [2.24, 2.45) is 0 Å². The monoisotopic (exact) mass is 313 g/mol. The largest absolute Gasteiger partial charge is 0.381 e. The van der Waals surface area contributed by atoms with Crippen molar-refractivity contribution in [1.29, 1.82) is 0 Å². The predicted octanol–water partition coefficient (Wildman–Crippen LogP) is 2.91. The molecule has 1 aliphatic heterocycles. The van der Waals surface area contributed by atoms with E-state index in [9.17, 15) is 10.1 Å². The van der Waals surface area contributed by atoms with Crippen molar-refractivity contribution >= 4 is 27.3 Å². The molecule has 1 unspecified atom stereocenters. The molecule has 98 valence electrons. The molecule has 0 aliphatic carbocycles. The molecule has 0 saturated carbocycles. The van der Waals surface area contributed by atoms with Gasteiger partial charge in [-0.2, -0.15) is 0 Å². The maximum atomic E-state index is 10.8. The number of non-ortho nitro benzene ring substituents is 1. The van der Waals surface area contributed by atoms with Crippen LogP contribution in [0.4, 0.5) is 11.4 Å². The Morgan fingerprint density at radius 2 is 2.22 bits per heavy atom. The van der Waals surface area contributed by atoms with Gasteiger partial charge in [-0.15, -0.1) is 0 Å². The molecule has 1 aliphatic rings. The summed E-state index contributed by atoms with van der Waals surface area (Å²) in [4.78, 5) is 10.4. The Balaban J connectivity index is 2.11. The molecule has 0 bridgehead atoms. The van der Waals surface area contributed by atoms with Crippen LogP contribution in [0.5, 0.6) is 0 Å². The van der Waals surface area contributed by atoms with Crippen molar-refractivity contribution in [3.8, 4) is 0 Å². The number of hydrogen-bond donors (Lipinski definition) is 2. The van der Waals surface area contributed by atoms with Crippen LogP contribution in [0.25, 0.3) is 0 Å². The van der Waals surface area contributed by atoms with Gasteiger partial charge in [-0.3, -0.25) is 10.1 Å². The van der Waals surface area contributed by atoms with E-state index in [-0.39, 0.29) is 10.6 Å². The number of nitrogens with zero attached hydrogens (tertiary/aromatic N) is 1. The molecule has 0 spiro atoms. The summed E-state index contributed by atoms with van der Waals surface area (Å²) in [5.41, 5.74) is 0.920. The quantitative estimate of drug-likeness (QED) is 0.665. The smallest absolute Gasteiger partial charge is 0.271 e. The van der Waals surface area contributed by atoms with Gasteiger partial charge in [0.1, 0.15) is 0 Å². The van der Waals surface area contributed by atoms with Crippen molar-refractivity contribution in [2.45, 2.75) is 25.3 Å². The summed E-state index contributed by atoms with van der Waals surface area (Å²) < 4.78 is 0.866. The molecule has 2 rings (SSSR count). The van der Waals surface area contributed by atoms with E-state index >= 15 is 0 Å². The molecule has 1 heterocycles. The van der Waals surface area contributed by atoms with Crippen LogP contribution < -0.4 is 10.6 Å². The number of anilines is 1. The Kier molecular flexibility index (Phi) is 4.54. The second-order valence-electron chi connectivity index (χ2n) is 4.44. The number of nitro groups is 1. The standard InChI is InChI=1S/C12H16BrN3O2/c13-11-4-3-10(16(17)18)8-12(11)15-9-2-1-6-14-7-5-9/h3-4,8-9,14-15H,1-2,5-7H2. The molecular weight excluding hydrogens is 298 g/mol. The van der Waals surface area contributed by atoms with Gasteiger partial charge in [0.15, 0.2) is 0 Å². The van der Waals surface area contributed by atoms with Gasteiger partial charge >= 0.3 is 0 Å². The molecule has 1 fully saturated rings. The van der Waals surface area contributed by atoms with Crippen LogP contribution >= 0.6 is 15.9 Å². The average molecular weight is 314 g/mol. The number of halogens is 1. The first-order valence-corrected chi connectivity index (χ1v) is 6.87. The van der Waals surface area contributed by atoms with E-state index in [1.165, 1.54) is 6.07 Å². The first-order valence-electron chi connectivity index (χ1n) is 6.08. The summed E-state index contributed by atoms with van der Waals surface area (Å²) in [6.07, 6.45) is 3.25. The minimum Gasteiger partial charge on any atom is -0.381 e. The molecule has 1 aromatic rings. The summed E-state index contributed by atoms with van der Waals surface area (Å²) in [7, 11) is 0. The van der Waals surface area contributed by atoms with E-state index in [4.69, 9.17) is 0 Å². The Labute approximate surface area is 114 Å². The Bertz CT molecular complexity index is 431. The van der Waals surface area contributed by atoms with Gasteiger partial charge in [0.05, 0.1) is 10.6 Å². The SMILES string of the molecule is O=[N+]([O-])c1ccc(Br)c(NC2CCCNCC2)c1. The fourth-order valence-electron chi connectivity index (χ4n) is 2.12. The van der Waals surface area contributed by atoms with Crippen molar-refractivity contribution in [3.63, 3.8) is 0 Å². The highest BCUT2D eigenvalue weighted by atomic mass is 79.9. The maximum Gasteiger partial charge on any atom is 0.271 e. The molecule has 6 heteroatoms. The number of nitro benzene ring substituents is 1. The number of rotatable bonds is 3. The minimum atomic E-state index is -0.369. The number of benzene rings is 1. The van der Waals surface area contributed by atoms with Crippen LogP contribution in [0.2, 0.25) is 0 Å². The fraction of sp³-hybridized carbons (Fsp3) is 0.500. The molecule has 1 aromatic carbocycles. The zero-order chi connectivity index (χ0) is 13.0. The van der Waals surface area contributed by atoms with Crippen LogP contribution in [0, 0.1) is 10.1 Å². The lowest BCUT2D eigenvalue weighted by molar-refractivity contribution is -0.384. The second-order valence-corrected chi connectivity index (χ2v) is 5.30. The van der Waals surface area contributed by atoms with Crippen LogP contribution in [0.15, 0.2) is 22.7 Å². The zero-order valence-corrected chi connectivity index (χ0v) is 11.6. The summed E-state index contributed by atoms with van der Waals surface area (Å²) >= 11 is 3.43. The molecule has 0 amide bonds. The highest BCUT2D eigenvalue weighted by Gasteiger charge is 2.15. The molecule has 5 nitrogen and oxygen atoms in total. The van der Waals surface area contributed by atoms with Gasteiger partial charge in [0.2, 0.25) is 0 Å². The topological polar surface area (TPSA) is 67.2 Å². The summed E-state index contributed by atoms with van der Waals surface area (Å²) in [5.74, 6) is 0. The van der Waals surface area contributed by atoms with E-state index in [1.807, 2.05) is 0 Å². The van der Waals surface area contributed by atoms with E-state index in [0.29, 0.717) is 6.04 Å². The van der Waals surface area contributed by atoms with Crippen LogP contribution in [0.1, 0.15) is 19.3 Å².